The highest BCUT2D eigenvalue weighted by Gasteiger charge is 2.18. The summed E-state index contributed by atoms with van der Waals surface area (Å²) in [5.41, 5.74) is 7.43. The van der Waals surface area contributed by atoms with Crippen LogP contribution in [0.15, 0.2) is 35.7 Å². The van der Waals surface area contributed by atoms with Crippen LogP contribution in [0, 0.1) is 16.0 Å². The van der Waals surface area contributed by atoms with Gasteiger partial charge in [-0.25, -0.2) is 0 Å². The lowest BCUT2D eigenvalue weighted by molar-refractivity contribution is -0.428. The van der Waals surface area contributed by atoms with Crippen molar-refractivity contribution in [2.45, 2.75) is 26.2 Å². The van der Waals surface area contributed by atoms with Gasteiger partial charge in [0.1, 0.15) is 0 Å². The molecule has 1 unspecified atom stereocenters. The van der Waals surface area contributed by atoms with Crippen molar-refractivity contribution >= 4 is 0 Å². The zero-order chi connectivity index (χ0) is 11.4. The predicted octanol–water partition coefficient (Wildman–Crippen LogP) is 2.37. The molecule has 2 N–H and O–H groups in total. The van der Waals surface area contributed by atoms with Crippen LogP contribution in [0.4, 0.5) is 0 Å². The highest BCUT2D eigenvalue weighted by atomic mass is 16.6. The zero-order valence-electron chi connectivity index (χ0n) is 8.90. The first-order valence-electron chi connectivity index (χ1n) is 4.99. The Morgan fingerprint density at radius 2 is 2.47 bits per heavy atom. The molecule has 0 amide bonds. The molecule has 15 heavy (non-hydrogen) atoms. The van der Waals surface area contributed by atoms with E-state index in [1.54, 1.807) is 6.08 Å². The van der Waals surface area contributed by atoms with Crippen LogP contribution in [0.5, 0.6) is 0 Å². The van der Waals surface area contributed by atoms with E-state index >= 15 is 0 Å². The summed E-state index contributed by atoms with van der Waals surface area (Å²) in [6.45, 7) is 5.64. The maximum absolute atomic E-state index is 10.6. The van der Waals surface area contributed by atoms with Crippen LogP contribution in [-0.2, 0) is 0 Å². The molecule has 0 bridgehead atoms. The SMILES string of the molecule is C=C(N)CC(C)C1=CCCC([N+](=O)[O-])=C1. The number of hydrogen-bond acceptors (Lipinski definition) is 3. The maximum atomic E-state index is 10.6. The van der Waals surface area contributed by atoms with Gasteiger partial charge in [0.25, 0.3) is 0 Å². The van der Waals surface area contributed by atoms with E-state index < -0.39 is 0 Å². The first kappa shape index (κ1) is 11.5. The molecule has 0 aromatic rings. The van der Waals surface area contributed by atoms with Crippen LogP contribution in [-0.4, -0.2) is 4.92 Å². The van der Waals surface area contributed by atoms with Crippen LogP contribution >= 0.6 is 0 Å². The molecule has 1 aliphatic carbocycles. The van der Waals surface area contributed by atoms with Gasteiger partial charge in [-0.15, -0.1) is 0 Å². The second-order valence-electron chi connectivity index (χ2n) is 3.90. The van der Waals surface area contributed by atoms with Gasteiger partial charge in [0.2, 0.25) is 5.70 Å². The molecule has 0 aromatic heterocycles. The van der Waals surface area contributed by atoms with E-state index in [0.717, 1.165) is 12.0 Å². The van der Waals surface area contributed by atoms with Gasteiger partial charge in [-0.2, -0.15) is 0 Å². The van der Waals surface area contributed by atoms with Crippen LogP contribution in [0.25, 0.3) is 0 Å². The normalized spacial score (nSPS) is 17.7. The fourth-order valence-electron chi connectivity index (χ4n) is 1.71. The number of hydrogen-bond donors (Lipinski definition) is 1. The molecule has 1 aliphatic rings. The number of nitrogens with zero attached hydrogens (tertiary/aromatic N) is 1. The Morgan fingerprint density at radius 3 is 3.00 bits per heavy atom. The molecule has 1 rings (SSSR count). The van der Waals surface area contributed by atoms with Crippen molar-refractivity contribution in [2.24, 2.45) is 11.7 Å². The van der Waals surface area contributed by atoms with E-state index in [-0.39, 0.29) is 10.8 Å². The average Bonchev–Trinajstić information content (AvgIpc) is 2.17. The lowest BCUT2D eigenvalue weighted by Gasteiger charge is -2.15. The zero-order valence-corrected chi connectivity index (χ0v) is 8.90. The van der Waals surface area contributed by atoms with E-state index in [4.69, 9.17) is 5.73 Å². The van der Waals surface area contributed by atoms with Gasteiger partial charge in [0.05, 0.1) is 4.92 Å². The van der Waals surface area contributed by atoms with Gasteiger partial charge in [-0.1, -0.05) is 19.6 Å². The molecule has 4 heteroatoms. The van der Waals surface area contributed by atoms with Gasteiger partial charge in [-0.3, -0.25) is 10.1 Å². The number of rotatable bonds is 4. The number of allylic oxidation sites excluding steroid dienone is 5. The Kier molecular flexibility index (Phi) is 3.66. The smallest absolute Gasteiger partial charge is 0.246 e. The van der Waals surface area contributed by atoms with E-state index in [0.29, 0.717) is 24.2 Å². The van der Waals surface area contributed by atoms with E-state index in [1.807, 2.05) is 13.0 Å². The van der Waals surface area contributed by atoms with Crippen LogP contribution in [0.1, 0.15) is 26.2 Å². The fraction of sp³-hybridized carbons (Fsp3) is 0.455. The summed E-state index contributed by atoms with van der Waals surface area (Å²) in [7, 11) is 0. The summed E-state index contributed by atoms with van der Waals surface area (Å²) < 4.78 is 0. The molecule has 82 valence electrons. The molecule has 1 atom stereocenters. The molecular formula is C11H16N2O2. The second-order valence-corrected chi connectivity index (χ2v) is 3.90. The number of nitrogens with two attached hydrogens (primary N) is 1. The molecule has 0 saturated carbocycles. The highest BCUT2D eigenvalue weighted by molar-refractivity contribution is 5.27. The van der Waals surface area contributed by atoms with Gasteiger partial charge in [0, 0.05) is 18.2 Å². The topological polar surface area (TPSA) is 69.2 Å². The monoisotopic (exact) mass is 208 g/mol. The molecule has 0 saturated heterocycles. The molecule has 4 nitrogen and oxygen atoms in total. The largest absolute Gasteiger partial charge is 0.402 e. The van der Waals surface area contributed by atoms with Crippen molar-refractivity contribution in [3.05, 3.63) is 45.8 Å². The minimum atomic E-state index is -0.309. The van der Waals surface area contributed by atoms with Gasteiger partial charge >= 0.3 is 0 Å². The molecule has 0 aromatic carbocycles. The van der Waals surface area contributed by atoms with Crippen molar-refractivity contribution in [1.82, 2.24) is 0 Å². The summed E-state index contributed by atoms with van der Waals surface area (Å²) in [5.74, 6) is 0.206. The second kappa shape index (κ2) is 4.77. The third-order valence-corrected chi connectivity index (χ3v) is 2.49. The van der Waals surface area contributed by atoms with E-state index in [9.17, 15) is 10.1 Å². The lowest BCUT2D eigenvalue weighted by Crippen LogP contribution is -2.09. The first-order chi connectivity index (χ1) is 7.00. The fourth-order valence-corrected chi connectivity index (χ4v) is 1.71. The van der Waals surface area contributed by atoms with Gasteiger partial charge < -0.3 is 5.73 Å². The van der Waals surface area contributed by atoms with Crippen LogP contribution in [0.3, 0.4) is 0 Å². The first-order valence-corrected chi connectivity index (χ1v) is 4.99. The summed E-state index contributed by atoms with van der Waals surface area (Å²) in [6.07, 6.45) is 5.64. The van der Waals surface area contributed by atoms with Gasteiger partial charge in [-0.05, 0) is 24.3 Å². The van der Waals surface area contributed by atoms with Crippen LogP contribution < -0.4 is 5.73 Å². The molecule has 0 spiro atoms. The van der Waals surface area contributed by atoms with E-state index in [1.165, 1.54) is 0 Å². The third-order valence-electron chi connectivity index (χ3n) is 2.49. The Balaban J connectivity index is 2.74. The predicted molar refractivity (Wildman–Crippen MR) is 59.5 cm³/mol. The van der Waals surface area contributed by atoms with Crippen molar-refractivity contribution in [3.8, 4) is 0 Å². The third kappa shape index (κ3) is 3.23. The Morgan fingerprint density at radius 1 is 1.80 bits per heavy atom. The summed E-state index contributed by atoms with van der Waals surface area (Å²) in [5, 5.41) is 10.6. The highest BCUT2D eigenvalue weighted by Crippen LogP contribution is 2.25. The van der Waals surface area contributed by atoms with Crippen molar-refractivity contribution in [3.63, 3.8) is 0 Å². The van der Waals surface area contributed by atoms with Crippen LogP contribution in [0.2, 0.25) is 0 Å². The van der Waals surface area contributed by atoms with Gasteiger partial charge in [0.15, 0.2) is 0 Å². The Bertz CT molecular complexity index is 342. The van der Waals surface area contributed by atoms with Crippen molar-refractivity contribution in [2.75, 3.05) is 0 Å². The molecule has 0 aliphatic heterocycles. The maximum Gasteiger partial charge on any atom is 0.246 e. The minimum Gasteiger partial charge on any atom is -0.402 e. The minimum absolute atomic E-state index is 0.206. The summed E-state index contributed by atoms with van der Waals surface area (Å²) in [6, 6.07) is 0. The molecule has 0 heterocycles. The molecular weight excluding hydrogens is 192 g/mol. The standard InChI is InChI=1S/C11H16N2O2/c1-8(6-9(2)12)10-4-3-5-11(7-10)13(14)15/h4,7-8H,2-3,5-6,12H2,1H3. The lowest BCUT2D eigenvalue weighted by atomic mass is 9.91. The molecule has 0 radical (unpaired) electrons. The average molecular weight is 208 g/mol. The van der Waals surface area contributed by atoms with E-state index in [2.05, 4.69) is 6.58 Å². The Labute approximate surface area is 89.3 Å². The Hall–Kier alpha value is -1.58. The number of nitro groups is 1. The van der Waals surface area contributed by atoms with Crippen molar-refractivity contribution < 1.29 is 4.92 Å². The quantitative estimate of drug-likeness (QED) is 0.569. The summed E-state index contributed by atoms with van der Waals surface area (Å²) in [4.78, 5) is 10.3. The molecule has 0 fully saturated rings. The summed E-state index contributed by atoms with van der Waals surface area (Å²) >= 11 is 0. The van der Waals surface area contributed by atoms with Crippen molar-refractivity contribution in [1.29, 1.82) is 0 Å².